The van der Waals surface area contributed by atoms with Crippen molar-refractivity contribution in [1.29, 1.82) is 0 Å². The summed E-state index contributed by atoms with van der Waals surface area (Å²) in [5.41, 5.74) is 7.87. The van der Waals surface area contributed by atoms with Crippen LogP contribution in [0.2, 0.25) is 0 Å². The van der Waals surface area contributed by atoms with Crippen LogP contribution >= 0.6 is 15.9 Å². The molecule has 2 aromatic rings. The van der Waals surface area contributed by atoms with Crippen molar-refractivity contribution >= 4 is 21.6 Å². The predicted octanol–water partition coefficient (Wildman–Crippen LogP) is 3.66. The molecule has 112 valence electrons. The van der Waals surface area contributed by atoms with E-state index in [-0.39, 0.29) is 0 Å². The van der Waals surface area contributed by atoms with Gasteiger partial charge in [0.25, 0.3) is 0 Å². The van der Waals surface area contributed by atoms with Gasteiger partial charge in [0.15, 0.2) is 5.82 Å². The quantitative estimate of drug-likeness (QED) is 0.858. The lowest BCUT2D eigenvalue weighted by Crippen LogP contribution is -2.27. The van der Waals surface area contributed by atoms with Gasteiger partial charge in [-0.3, -0.25) is 0 Å². The van der Waals surface area contributed by atoms with Crippen molar-refractivity contribution in [2.45, 2.75) is 45.6 Å². The highest BCUT2D eigenvalue weighted by Crippen LogP contribution is 2.37. The second-order valence-electron chi connectivity index (χ2n) is 6.30. The third kappa shape index (κ3) is 3.26. The molecule has 0 amide bonds. The normalized spacial score (nSPS) is 17.8. The Labute approximate surface area is 133 Å². The minimum atomic E-state index is 0.292. The molecule has 6 heteroatoms. The third-order valence-corrected chi connectivity index (χ3v) is 4.76. The van der Waals surface area contributed by atoms with Crippen LogP contribution in [0.25, 0.3) is 11.4 Å². The van der Waals surface area contributed by atoms with Crippen LogP contribution in [0, 0.1) is 5.41 Å². The van der Waals surface area contributed by atoms with Crippen molar-refractivity contribution in [3.05, 3.63) is 22.7 Å². The summed E-state index contributed by atoms with van der Waals surface area (Å²) in [5.74, 6) is 0.787. The van der Waals surface area contributed by atoms with E-state index in [9.17, 15) is 0 Å². The highest BCUT2D eigenvalue weighted by molar-refractivity contribution is 9.10. The summed E-state index contributed by atoms with van der Waals surface area (Å²) >= 11 is 3.47. The molecule has 0 bridgehead atoms. The molecule has 0 spiro atoms. The zero-order valence-electron chi connectivity index (χ0n) is 12.2. The van der Waals surface area contributed by atoms with Gasteiger partial charge < -0.3 is 5.73 Å². The molecule has 1 fully saturated rings. The monoisotopic (exact) mass is 349 g/mol. The molecule has 21 heavy (non-hydrogen) atoms. The third-order valence-electron chi connectivity index (χ3n) is 4.30. The number of halogens is 1. The van der Waals surface area contributed by atoms with Gasteiger partial charge in [0.05, 0.1) is 6.54 Å². The van der Waals surface area contributed by atoms with Crippen LogP contribution in [0.15, 0.2) is 22.7 Å². The maximum absolute atomic E-state index is 5.92. The lowest BCUT2D eigenvalue weighted by atomic mass is 9.76. The molecule has 0 unspecified atom stereocenters. The van der Waals surface area contributed by atoms with Crippen LogP contribution in [0.4, 0.5) is 5.69 Å². The van der Waals surface area contributed by atoms with E-state index in [1.807, 2.05) is 22.9 Å². The molecule has 0 atom stereocenters. The Morgan fingerprint density at radius 2 is 2.00 bits per heavy atom. The van der Waals surface area contributed by atoms with Crippen LogP contribution in [0.5, 0.6) is 0 Å². The van der Waals surface area contributed by atoms with Crippen LogP contribution in [0.1, 0.15) is 39.0 Å². The Morgan fingerprint density at radius 3 is 2.71 bits per heavy atom. The molecule has 0 radical (unpaired) electrons. The molecule has 1 aliphatic rings. The number of nitrogens with two attached hydrogens (primary N) is 1. The molecule has 0 aliphatic heterocycles. The Morgan fingerprint density at radius 1 is 1.24 bits per heavy atom. The molecular formula is C15H20BrN5. The van der Waals surface area contributed by atoms with E-state index in [0.29, 0.717) is 11.1 Å². The molecular weight excluding hydrogens is 330 g/mol. The summed E-state index contributed by atoms with van der Waals surface area (Å²) in [4.78, 5) is 0. The van der Waals surface area contributed by atoms with Gasteiger partial charge in [0.2, 0.25) is 0 Å². The molecule has 2 N–H and O–H groups in total. The van der Waals surface area contributed by atoms with E-state index in [1.165, 1.54) is 32.1 Å². The van der Waals surface area contributed by atoms with Gasteiger partial charge in [-0.2, -0.15) is 0 Å². The first-order chi connectivity index (χ1) is 10.1. The summed E-state index contributed by atoms with van der Waals surface area (Å²) in [7, 11) is 0. The Hall–Kier alpha value is -1.43. The van der Waals surface area contributed by atoms with Gasteiger partial charge in [-0.1, -0.05) is 42.1 Å². The number of hydrogen-bond donors (Lipinski definition) is 1. The predicted molar refractivity (Wildman–Crippen MR) is 86.6 cm³/mol. The summed E-state index contributed by atoms with van der Waals surface area (Å²) in [5, 5.41) is 12.2. The number of hydrogen-bond acceptors (Lipinski definition) is 4. The topological polar surface area (TPSA) is 69.6 Å². The highest BCUT2D eigenvalue weighted by atomic mass is 79.9. The van der Waals surface area contributed by atoms with Gasteiger partial charge in [-0.25, -0.2) is 4.68 Å². The van der Waals surface area contributed by atoms with Gasteiger partial charge >= 0.3 is 0 Å². The number of aromatic nitrogens is 4. The van der Waals surface area contributed by atoms with Crippen molar-refractivity contribution in [3.8, 4) is 11.4 Å². The van der Waals surface area contributed by atoms with E-state index in [2.05, 4.69) is 38.4 Å². The maximum Gasteiger partial charge on any atom is 0.182 e. The van der Waals surface area contributed by atoms with Crippen molar-refractivity contribution in [2.75, 3.05) is 5.73 Å². The largest absolute Gasteiger partial charge is 0.399 e. The van der Waals surface area contributed by atoms with Crippen LogP contribution in [-0.4, -0.2) is 20.2 Å². The first-order valence-corrected chi connectivity index (χ1v) is 8.18. The number of nitrogen functional groups attached to an aromatic ring is 1. The number of anilines is 1. The molecule has 1 aromatic carbocycles. The maximum atomic E-state index is 5.92. The average Bonchev–Trinajstić information content (AvgIpc) is 2.85. The number of tetrazole rings is 1. The average molecular weight is 350 g/mol. The standard InChI is InChI=1S/C15H20BrN5/c1-15(5-3-2-4-6-15)10-21-14(18-19-20-21)11-7-12(16)9-13(17)8-11/h7-9H,2-6,10,17H2,1H3. The van der Waals surface area contributed by atoms with E-state index in [4.69, 9.17) is 5.73 Å². The second-order valence-corrected chi connectivity index (χ2v) is 7.22. The second kappa shape index (κ2) is 5.75. The van der Waals surface area contributed by atoms with Gasteiger partial charge in [0, 0.05) is 15.7 Å². The fourth-order valence-electron chi connectivity index (χ4n) is 3.18. The number of nitrogens with zero attached hydrogens (tertiary/aromatic N) is 4. The Kier molecular flexibility index (Phi) is 3.97. The van der Waals surface area contributed by atoms with Gasteiger partial charge in [-0.15, -0.1) is 5.10 Å². The van der Waals surface area contributed by atoms with Crippen LogP contribution in [0.3, 0.4) is 0 Å². The number of rotatable bonds is 3. The Bertz CT molecular complexity index is 610. The molecule has 3 rings (SSSR count). The molecule has 1 saturated carbocycles. The zero-order chi connectivity index (χ0) is 14.9. The summed E-state index contributed by atoms with van der Waals surface area (Å²) in [6.45, 7) is 3.20. The summed E-state index contributed by atoms with van der Waals surface area (Å²) < 4.78 is 2.86. The number of benzene rings is 1. The van der Waals surface area contributed by atoms with E-state index >= 15 is 0 Å². The van der Waals surface area contributed by atoms with E-state index < -0.39 is 0 Å². The molecule has 1 aromatic heterocycles. The highest BCUT2D eigenvalue weighted by Gasteiger charge is 2.29. The van der Waals surface area contributed by atoms with Crippen LogP contribution < -0.4 is 5.73 Å². The van der Waals surface area contributed by atoms with Gasteiger partial charge in [0.1, 0.15) is 0 Å². The fourth-order valence-corrected chi connectivity index (χ4v) is 3.70. The molecule has 5 nitrogen and oxygen atoms in total. The van der Waals surface area contributed by atoms with E-state index in [0.717, 1.165) is 22.4 Å². The van der Waals surface area contributed by atoms with Crippen molar-refractivity contribution in [3.63, 3.8) is 0 Å². The van der Waals surface area contributed by atoms with Crippen LogP contribution in [-0.2, 0) is 6.54 Å². The first kappa shape index (κ1) is 14.5. The van der Waals surface area contributed by atoms with Crippen molar-refractivity contribution in [2.24, 2.45) is 5.41 Å². The smallest absolute Gasteiger partial charge is 0.182 e. The van der Waals surface area contributed by atoms with Gasteiger partial charge in [-0.05, 0) is 46.9 Å². The first-order valence-electron chi connectivity index (χ1n) is 7.38. The minimum Gasteiger partial charge on any atom is -0.399 e. The fraction of sp³-hybridized carbons (Fsp3) is 0.533. The minimum absolute atomic E-state index is 0.292. The molecule has 1 aliphatic carbocycles. The lowest BCUT2D eigenvalue weighted by molar-refractivity contribution is 0.175. The zero-order valence-corrected chi connectivity index (χ0v) is 13.8. The summed E-state index contributed by atoms with van der Waals surface area (Å²) in [6, 6.07) is 5.79. The van der Waals surface area contributed by atoms with Crippen molar-refractivity contribution < 1.29 is 0 Å². The Balaban J connectivity index is 1.90. The lowest BCUT2D eigenvalue weighted by Gasteiger charge is -2.33. The summed E-state index contributed by atoms with van der Waals surface area (Å²) in [6.07, 6.45) is 6.44. The SMILES string of the molecule is CC1(Cn2nnnc2-c2cc(N)cc(Br)c2)CCCCC1. The molecule has 1 heterocycles. The van der Waals surface area contributed by atoms with E-state index in [1.54, 1.807) is 0 Å². The van der Waals surface area contributed by atoms with Crippen molar-refractivity contribution in [1.82, 2.24) is 20.2 Å². The molecule has 0 saturated heterocycles.